The summed E-state index contributed by atoms with van der Waals surface area (Å²) in [5.41, 5.74) is 2.12. The highest BCUT2D eigenvalue weighted by molar-refractivity contribution is 5.95. The number of methoxy groups -OCH3 is 1. The van der Waals surface area contributed by atoms with E-state index in [4.69, 9.17) is 9.47 Å². The van der Waals surface area contributed by atoms with Crippen LogP contribution in [0.4, 0.5) is 0 Å². The Balaban J connectivity index is 1.67. The average Bonchev–Trinajstić information content (AvgIpc) is 3.09. The van der Waals surface area contributed by atoms with Gasteiger partial charge in [0.05, 0.1) is 13.2 Å². The van der Waals surface area contributed by atoms with Gasteiger partial charge in [0.15, 0.2) is 0 Å². The Hall–Kier alpha value is -1.81. The van der Waals surface area contributed by atoms with Crippen LogP contribution in [-0.2, 0) is 9.53 Å². The molecule has 1 aromatic carbocycles. The van der Waals surface area contributed by atoms with Crippen LogP contribution in [0, 0.1) is 5.92 Å². The minimum Gasteiger partial charge on any atom is -0.497 e. The number of fused-ring (bicyclic) bond motifs is 1. The predicted molar refractivity (Wildman–Crippen MR) is 94.9 cm³/mol. The fraction of sp³-hybridized carbons (Fsp3) is 0.550. The van der Waals surface area contributed by atoms with E-state index in [9.17, 15) is 4.79 Å². The van der Waals surface area contributed by atoms with Crippen LogP contribution >= 0.6 is 0 Å². The fourth-order valence-corrected chi connectivity index (χ4v) is 3.93. The minimum absolute atomic E-state index is 0.0141. The van der Waals surface area contributed by atoms with Crippen molar-refractivity contribution in [2.45, 2.75) is 51.2 Å². The molecule has 1 heterocycles. The number of nitrogens with one attached hydrogen (secondary N) is 1. The van der Waals surface area contributed by atoms with E-state index in [1.54, 1.807) is 13.2 Å². The number of hydrogen-bond acceptors (Lipinski definition) is 3. The Morgan fingerprint density at radius 2 is 2.08 bits per heavy atom. The van der Waals surface area contributed by atoms with Crippen molar-refractivity contribution >= 4 is 11.5 Å². The lowest BCUT2D eigenvalue weighted by atomic mass is 9.82. The van der Waals surface area contributed by atoms with Gasteiger partial charge >= 0.3 is 0 Å². The van der Waals surface area contributed by atoms with E-state index in [1.807, 2.05) is 24.3 Å². The summed E-state index contributed by atoms with van der Waals surface area (Å²) in [6, 6.07) is 8.12. The van der Waals surface area contributed by atoms with E-state index in [2.05, 4.69) is 12.2 Å². The third-order valence-electron chi connectivity index (χ3n) is 5.26. The van der Waals surface area contributed by atoms with Crippen molar-refractivity contribution in [1.82, 2.24) is 5.32 Å². The van der Waals surface area contributed by atoms with Crippen molar-refractivity contribution in [3.8, 4) is 5.75 Å². The fourth-order valence-electron chi connectivity index (χ4n) is 3.93. The molecule has 130 valence electrons. The minimum atomic E-state index is 0.0141. The summed E-state index contributed by atoms with van der Waals surface area (Å²) in [5.74, 6) is 1.33. The number of carbonyl (C=O) groups is 1. The summed E-state index contributed by atoms with van der Waals surface area (Å²) < 4.78 is 11.0. The maximum Gasteiger partial charge on any atom is 0.244 e. The average molecular weight is 329 g/mol. The van der Waals surface area contributed by atoms with Crippen LogP contribution in [0.1, 0.15) is 44.6 Å². The summed E-state index contributed by atoms with van der Waals surface area (Å²) >= 11 is 0. The van der Waals surface area contributed by atoms with Crippen LogP contribution < -0.4 is 10.1 Å². The van der Waals surface area contributed by atoms with E-state index < -0.39 is 0 Å². The molecule has 1 aromatic rings. The third-order valence-corrected chi connectivity index (χ3v) is 5.26. The molecular formula is C20H27NO3. The van der Waals surface area contributed by atoms with Crippen LogP contribution in [0.3, 0.4) is 0 Å². The van der Waals surface area contributed by atoms with Crippen LogP contribution in [0.2, 0.25) is 0 Å². The molecule has 1 amide bonds. The Kier molecular flexibility index (Phi) is 5.56. The highest BCUT2D eigenvalue weighted by Crippen LogP contribution is 2.34. The van der Waals surface area contributed by atoms with Crippen molar-refractivity contribution in [3.05, 3.63) is 35.9 Å². The van der Waals surface area contributed by atoms with Crippen LogP contribution in [-0.4, -0.2) is 31.8 Å². The summed E-state index contributed by atoms with van der Waals surface area (Å²) in [6.07, 6.45) is 7.32. The Morgan fingerprint density at radius 1 is 1.29 bits per heavy atom. The molecule has 1 N–H and O–H groups in total. The molecule has 3 unspecified atom stereocenters. The number of allylic oxidation sites excluding steroid dienone is 1. The molecule has 0 radical (unpaired) electrons. The van der Waals surface area contributed by atoms with Gasteiger partial charge in [-0.25, -0.2) is 0 Å². The zero-order chi connectivity index (χ0) is 16.9. The molecule has 0 bridgehead atoms. The predicted octanol–water partition coefficient (Wildman–Crippen LogP) is 3.56. The number of hydrogen-bond donors (Lipinski definition) is 1. The first kappa shape index (κ1) is 17.0. The molecule has 3 atom stereocenters. The van der Waals surface area contributed by atoms with Crippen LogP contribution in [0.25, 0.3) is 5.57 Å². The molecule has 1 saturated carbocycles. The summed E-state index contributed by atoms with van der Waals surface area (Å²) in [4.78, 5) is 12.5. The number of benzene rings is 1. The standard InChI is InChI=1S/C20H27NO3/c1-3-14(15-7-9-16(23-2)10-8-15)13-20(22)21-18-5-4-6-19-17(18)11-12-24-19/h7-10,13,17-19H,3-6,11-12H2,1-2H3,(H,21,22)/b14-13+. The molecule has 1 saturated heterocycles. The Morgan fingerprint density at radius 3 is 2.79 bits per heavy atom. The number of carbonyl (C=O) groups excluding carboxylic acids is 1. The zero-order valence-electron chi connectivity index (χ0n) is 14.6. The molecule has 24 heavy (non-hydrogen) atoms. The number of amides is 1. The second-order valence-electron chi connectivity index (χ2n) is 6.66. The molecule has 1 aliphatic heterocycles. The maximum atomic E-state index is 12.5. The van der Waals surface area contributed by atoms with Gasteiger partial charge in [0.1, 0.15) is 5.75 Å². The SMILES string of the molecule is CC/C(=C\C(=O)NC1CCCC2OCCC12)c1ccc(OC)cc1. The first-order valence-corrected chi connectivity index (χ1v) is 8.98. The summed E-state index contributed by atoms with van der Waals surface area (Å²) in [7, 11) is 1.66. The topological polar surface area (TPSA) is 47.6 Å². The van der Waals surface area contributed by atoms with Gasteiger partial charge in [0.25, 0.3) is 0 Å². The molecule has 1 aliphatic carbocycles. The van der Waals surface area contributed by atoms with E-state index in [0.29, 0.717) is 12.0 Å². The van der Waals surface area contributed by atoms with Gasteiger partial charge in [0, 0.05) is 24.6 Å². The highest BCUT2D eigenvalue weighted by Gasteiger charge is 2.38. The number of ether oxygens (including phenoxy) is 2. The smallest absolute Gasteiger partial charge is 0.244 e. The molecular weight excluding hydrogens is 302 g/mol. The van der Waals surface area contributed by atoms with Gasteiger partial charge < -0.3 is 14.8 Å². The van der Waals surface area contributed by atoms with Gasteiger partial charge in [-0.2, -0.15) is 0 Å². The maximum absolute atomic E-state index is 12.5. The van der Waals surface area contributed by atoms with Gasteiger partial charge in [-0.1, -0.05) is 19.1 Å². The normalized spacial score (nSPS) is 26.8. The number of rotatable bonds is 5. The molecule has 3 rings (SSSR count). The lowest BCUT2D eigenvalue weighted by Gasteiger charge is -2.33. The largest absolute Gasteiger partial charge is 0.497 e. The molecule has 2 aliphatic rings. The van der Waals surface area contributed by atoms with Crippen LogP contribution in [0.15, 0.2) is 30.3 Å². The molecule has 4 heteroatoms. The monoisotopic (exact) mass is 329 g/mol. The van der Waals surface area contributed by atoms with Crippen molar-refractivity contribution in [2.24, 2.45) is 5.92 Å². The Labute approximate surface area is 144 Å². The van der Waals surface area contributed by atoms with Gasteiger partial charge in [0.2, 0.25) is 5.91 Å². The van der Waals surface area contributed by atoms with E-state index in [1.165, 1.54) is 0 Å². The van der Waals surface area contributed by atoms with Gasteiger partial charge in [-0.15, -0.1) is 0 Å². The second kappa shape index (κ2) is 7.84. The summed E-state index contributed by atoms with van der Waals surface area (Å²) in [5, 5.41) is 3.23. The summed E-state index contributed by atoms with van der Waals surface area (Å²) in [6.45, 7) is 2.91. The quantitative estimate of drug-likeness (QED) is 0.840. The molecule has 0 spiro atoms. The van der Waals surface area contributed by atoms with Crippen molar-refractivity contribution < 1.29 is 14.3 Å². The van der Waals surface area contributed by atoms with Crippen molar-refractivity contribution in [3.63, 3.8) is 0 Å². The second-order valence-corrected chi connectivity index (χ2v) is 6.66. The first-order chi connectivity index (χ1) is 11.7. The third kappa shape index (κ3) is 3.81. The molecule has 4 nitrogen and oxygen atoms in total. The van der Waals surface area contributed by atoms with Crippen molar-refractivity contribution in [2.75, 3.05) is 13.7 Å². The Bertz CT molecular complexity index is 593. The van der Waals surface area contributed by atoms with Gasteiger partial charge in [-0.3, -0.25) is 4.79 Å². The van der Waals surface area contributed by atoms with E-state index >= 15 is 0 Å². The zero-order valence-corrected chi connectivity index (χ0v) is 14.6. The van der Waals surface area contributed by atoms with Crippen LogP contribution in [0.5, 0.6) is 5.75 Å². The molecule has 0 aromatic heterocycles. The lowest BCUT2D eigenvalue weighted by molar-refractivity contribution is -0.118. The first-order valence-electron chi connectivity index (χ1n) is 8.98. The van der Waals surface area contributed by atoms with E-state index in [0.717, 1.165) is 55.6 Å². The van der Waals surface area contributed by atoms with Gasteiger partial charge in [-0.05, 0) is 55.4 Å². The van der Waals surface area contributed by atoms with Crippen molar-refractivity contribution in [1.29, 1.82) is 0 Å². The lowest BCUT2D eigenvalue weighted by Crippen LogP contribution is -2.45. The molecule has 2 fully saturated rings. The highest BCUT2D eigenvalue weighted by atomic mass is 16.5. The van der Waals surface area contributed by atoms with E-state index in [-0.39, 0.29) is 11.9 Å².